The quantitative estimate of drug-likeness (QED) is 0.380. The average Bonchev–Trinajstić information content (AvgIpc) is 2.37. The van der Waals surface area contributed by atoms with Gasteiger partial charge >= 0.3 is 11.4 Å². The van der Waals surface area contributed by atoms with E-state index < -0.39 is 33.9 Å². The van der Waals surface area contributed by atoms with Gasteiger partial charge in [0.05, 0.1) is 22.7 Å². The lowest BCUT2D eigenvalue weighted by atomic mass is 10.2. The summed E-state index contributed by atoms with van der Waals surface area (Å²) in [7, 11) is 0. The highest BCUT2D eigenvalue weighted by atomic mass is 16.6. The van der Waals surface area contributed by atoms with Crippen molar-refractivity contribution in [1.82, 2.24) is 0 Å². The summed E-state index contributed by atoms with van der Waals surface area (Å²) in [6, 6.07) is 3.48. The van der Waals surface area contributed by atoms with Crippen LogP contribution in [-0.4, -0.2) is 39.0 Å². The van der Waals surface area contributed by atoms with Crippen molar-refractivity contribution in [3.8, 4) is 0 Å². The maximum Gasteiger partial charge on any atom is 0.370 e. The number of nitro groups is 2. The minimum atomic E-state index is -1.23. The number of anilines is 1. The van der Waals surface area contributed by atoms with Gasteiger partial charge in [-0.3, -0.25) is 25.7 Å². The van der Waals surface area contributed by atoms with Gasteiger partial charge in [-0.25, -0.2) is 0 Å². The zero-order chi connectivity index (χ0) is 14.4. The molecule has 0 aliphatic rings. The molecular weight excluding hydrogens is 260 g/mol. The van der Waals surface area contributed by atoms with Crippen LogP contribution in [0.25, 0.3) is 0 Å². The van der Waals surface area contributed by atoms with E-state index in [1.807, 2.05) is 0 Å². The summed E-state index contributed by atoms with van der Waals surface area (Å²) in [4.78, 5) is 19.7. The van der Waals surface area contributed by atoms with Gasteiger partial charge in [0.1, 0.15) is 11.8 Å². The third-order valence-electron chi connectivity index (χ3n) is 2.01. The molecule has 1 atom stereocenters. The monoisotopic (exact) mass is 270 g/mol. The predicted octanol–water partition coefficient (Wildman–Crippen LogP) is 0.254. The maximum absolute atomic E-state index is 10.8. The van der Waals surface area contributed by atoms with Crippen LogP contribution < -0.4 is 5.43 Å². The molecule has 3 N–H and O–H groups in total. The smallest absolute Gasteiger partial charge is 0.370 e. The Bertz CT molecular complexity index is 517. The maximum atomic E-state index is 10.8. The summed E-state index contributed by atoms with van der Waals surface area (Å²) in [5, 5.41) is 42.4. The van der Waals surface area contributed by atoms with Crippen LogP contribution in [0.1, 0.15) is 0 Å². The number of benzene rings is 1. The van der Waals surface area contributed by atoms with Crippen LogP contribution in [0.15, 0.2) is 23.3 Å². The molecule has 0 amide bonds. The molecule has 0 aliphatic carbocycles. The highest BCUT2D eigenvalue weighted by Crippen LogP contribution is 2.34. The van der Waals surface area contributed by atoms with Gasteiger partial charge in [-0.15, -0.1) is 0 Å². The first-order valence-electron chi connectivity index (χ1n) is 4.97. The highest BCUT2D eigenvalue weighted by molar-refractivity contribution is 5.73. The summed E-state index contributed by atoms with van der Waals surface area (Å²) in [5.41, 5.74) is 0.607. The number of nitro benzene ring substituents is 2. The van der Waals surface area contributed by atoms with E-state index in [9.17, 15) is 20.2 Å². The third kappa shape index (κ3) is 3.69. The predicted molar refractivity (Wildman–Crippen MR) is 65.0 cm³/mol. The average molecular weight is 270 g/mol. The molecule has 102 valence electrons. The Morgan fingerprint density at radius 3 is 2.58 bits per heavy atom. The molecule has 10 heteroatoms. The SMILES string of the molecule is O=[N+]([O-])c1cccc(NN=CC(O)CO)c1[N+](=O)[O-]. The summed E-state index contributed by atoms with van der Waals surface area (Å²) in [6.07, 6.45) is -0.326. The highest BCUT2D eigenvalue weighted by Gasteiger charge is 2.27. The number of aliphatic hydroxyl groups excluding tert-OH is 2. The fourth-order valence-corrected chi connectivity index (χ4v) is 1.20. The molecule has 0 fully saturated rings. The topological polar surface area (TPSA) is 151 Å². The molecule has 1 aromatic rings. The minimum absolute atomic E-state index is 0.194. The first-order chi connectivity index (χ1) is 8.97. The van der Waals surface area contributed by atoms with Crippen molar-refractivity contribution in [1.29, 1.82) is 0 Å². The Labute approximate surface area is 106 Å². The minimum Gasteiger partial charge on any atom is -0.393 e. The molecule has 0 spiro atoms. The summed E-state index contributed by atoms with van der Waals surface area (Å²) >= 11 is 0. The second-order valence-electron chi connectivity index (χ2n) is 3.33. The second kappa shape index (κ2) is 6.37. The Hall–Kier alpha value is -2.59. The van der Waals surface area contributed by atoms with Crippen LogP contribution in [0.3, 0.4) is 0 Å². The van der Waals surface area contributed by atoms with Crippen molar-refractivity contribution in [3.63, 3.8) is 0 Å². The van der Waals surface area contributed by atoms with E-state index in [0.29, 0.717) is 0 Å². The molecule has 10 nitrogen and oxygen atoms in total. The van der Waals surface area contributed by atoms with Gasteiger partial charge in [0, 0.05) is 6.07 Å². The number of aliphatic hydroxyl groups is 2. The zero-order valence-electron chi connectivity index (χ0n) is 9.46. The molecule has 0 aliphatic heterocycles. The van der Waals surface area contributed by atoms with E-state index >= 15 is 0 Å². The fraction of sp³-hybridized carbons (Fsp3) is 0.222. The lowest BCUT2D eigenvalue weighted by molar-refractivity contribution is -0.421. The fourth-order valence-electron chi connectivity index (χ4n) is 1.20. The van der Waals surface area contributed by atoms with Gasteiger partial charge < -0.3 is 10.2 Å². The molecule has 0 aromatic heterocycles. The molecule has 1 aromatic carbocycles. The molecule has 1 rings (SSSR count). The Morgan fingerprint density at radius 2 is 2.05 bits per heavy atom. The van der Waals surface area contributed by atoms with Crippen LogP contribution in [0.4, 0.5) is 17.1 Å². The zero-order valence-corrected chi connectivity index (χ0v) is 9.46. The largest absolute Gasteiger partial charge is 0.393 e. The van der Waals surface area contributed by atoms with Gasteiger partial charge in [0.2, 0.25) is 0 Å². The first-order valence-corrected chi connectivity index (χ1v) is 4.97. The number of nitrogens with zero attached hydrogens (tertiary/aromatic N) is 3. The van der Waals surface area contributed by atoms with Gasteiger partial charge in [-0.1, -0.05) is 6.07 Å². The van der Waals surface area contributed by atoms with E-state index in [-0.39, 0.29) is 5.69 Å². The standard InChI is InChI=1S/C9H10N4O6/c14-5-6(15)4-10-11-7-2-1-3-8(12(16)17)9(7)13(18)19/h1-4,6,11,14-15H,5H2. The van der Waals surface area contributed by atoms with E-state index in [2.05, 4.69) is 10.5 Å². The number of rotatable bonds is 6. The number of hydrogen-bond acceptors (Lipinski definition) is 8. The molecule has 0 heterocycles. The van der Waals surface area contributed by atoms with Crippen molar-refractivity contribution in [3.05, 3.63) is 38.4 Å². The van der Waals surface area contributed by atoms with E-state index in [1.54, 1.807) is 0 Å². The summed E-state index contributed by atoms with van der Waals surface area (Å²) in [6.45, 7) is -0.567. The number of nitrogens with one attached hydrogen (secondary N) is 1. The Balaban J connectivity index is 3.07. The molecular formula is C9H10N4O6. The van der Waals surface area contributed by atoms with Crippen molar-refractivity contribution >= 4 is 23.3 Å². The Kier molecular flexibility index (Phi) is 4.85. The van der Waals surface area contributed by atoms with Crippen molar-refractivity contribution in [2.24, 2.45) is 5.10 Å². The lowest BCUT2D eigenvalue weighted by Crippen LogP contribution is -2.14. The van der Waals surface area contributed by atoms with E-state index in [0.717, 1.165) is 12.3 Å². The van der Waals surface area contributed by atoms with Gasteiger partial charge in [0.15, 0.2) is 0 Å². The van der Waals surface area contributed by atoms with Crippen LogP contribution >= 0.6 is 0 Å². The number of para-hydroxylation sites is 1. The van der Waals surface area contributed by atoms with Crippen LogP contribution in [0.5, 0.6) is 0 Å². The third-order valence-corrected chi connectivity index (χ3v) is 2.01. The van der Waals surface area contributed by atoms with Gasteiger partial charge in [0.25, 0.3) is 0 Å². The van der Waals surface area contributed by atoms with Gasteiger partial charge in [-0.05, 0) is 6.07 Å². The second-order valence-corrected chi connectivity index (χ2v) is 3.33. The normalized spacial score (nSPS) is 12.3. The van der Waals surface area contributed by atoms with Crippen molar-refractivity contribution < 1.29 is 20.1 Å². The van der Waals surface area contributed by atoms with Crippen LogP contribution in [-0.2, 0) is 0 Å². The molecule has 19 heavy (non-hydrogen) atoms. The van der Waals surface area contributed by atoms with Gasteiger partial charge in [-0.2, -0.15) is 5.10 Å². The molecule has 0 saturated heterocycles. The van der Waals surface area contributed by atoms with E-state index in [4.69, 9.17) is 10.2 Å². The molecule has 0 bridgehead atoms. The number of hydrogen-bond donors (Lipinski definition) is 3. The Morgan fingerprint density at radius 1 is 1.37 bits per heavy atom. The summed E-state index contributed by atoms with van der Waals surface area (Å²) in [5.74, 6) is 0. The van der Waals surface area contributed by atoms with Crippen LogP contribution in [0.2, 0.25) is 0 Å². The first kappa shape index (κ1) is 14.5. The molecule has 0 saturated carbocycles. The van der Waals surface area contributed by atoms with Crippen LogP contribution in [0, 0.1) is 20.2 Å². The number of hydrazone groups is 1. The van der Waals surface area contributed by atoms with E-state index in [1.165, 1.54) is 12.1 Å². The summed E-state index contributed by atoms with van der Waals surface area (Å²) < 4.78 is 0. The van der Waals surface area contributed by atoms with Crippen molar-refractivity contribution in [2.45, 2.75) is 6.10 Å². The lowest BCUT2D eigenvalue weighted by Gasteiger charge is -2.03. The molecule has 0 radical (unpaired) electrons. The van der Waals surface area contributed by atoms with Crippen molar-refractivity contribution in [2.75, 3.05) is 12.0 Å². The molecule has 1 unspecified atom stereocenters.